The summed E-state index contributed by atoms with van der Waals surface area (Å²) in [5.41, 5.74) is 5.42. The molecule has 0 saturated heterocycles. The topological polar surface area (TPSA) is 56.0 Å². The number of aryl methyl sites for hydroxylation is 1. The van der Waals surface area contributed by atoms with Crippen molar-refractivity contribution >= 4 is 17.7 Å². The van der Waals surface area contributed by atoms with Gasteiger partial charge in [0.2, 0.25) is 5.95 Å². The summed E-state index contributed by atoms with van der Waals surface area (Å²) in [4.78, 5) is 15.0. The summed E-state index contributed by atoms with van der Waals surface area (Å²) in [6, 6.07) is 8.03. The van der Waals surface area contributed by atoms with Crippen molar-refractivity contribution in [3.8, 4) is 0 Å². The smallest absolute Gasteiger partial charge is 0.253 e. The van der Waals surface area contributed by atoms with Crippen LogP contribution in [0.3, 0.4) is 0 Å². The number of rotatable bonds is 3. The average Bonchev–Trinajstić information content (AvgIpc) is 2.35. The lowest BCUT2D eigenvalue weighted by Gasteiger charge is -2.05. The highest BCUT2D eigenvalue weighted by Crippen LogP contribution is 2.29. The highest BCUT2D eigenvalue weighted by Gasteiger charge is 2.16. The normalized spacial score (nSPS) is 10.5. The Morgan fingerprint density at radius 2 is 1.89 bits per heavy atom. The highest BCUT2D eigenvalue weighted by molar-refractivity contribution is 7.99. The molecule has 0 aliphatic carbocycles. The van der Waals surface area contributed by atoms with E-state index in [1.165, 1.54) is 0 Å². The first-order valence-corrected chi connectivity index (χ1v) is 6.19. The summed E-state index contributed by atoms with van der Waals surface area (Å²) in [5, 5.41) is -0.133. The van der Waals surface area contributed by atoms with Gasteiger partial charge < -0.3 is 5.73 Å². The van der Waals surface area contributed by atoms with Crippen LogP contribution < -0.4 is 5.73 Å². The van der Waals surface area contributed by atoms with E-state index in [0.717, 1.165) is 28.3 Å². The molecule has 0 aliphatic rings. The van der Waals surface area contributed by atoms with Gasteiger partial charge in [-0.05, 0) is 25.1 Å². The number of benzene rings is 1. The number of carbonyl (C=O) groups excluding carboxylic acids is 1. The Morgan fingerprint density at radius 3 is 2.47 bits per heavy atom. The van der Waals surface area contributed by atoms with Gasteiger partial charge in [-0.2, -0.15) is 4.39 Å². The van der Waals surface area contributed by atoms with Crippen molar-refractivity contribution in [1.29, 1.82) is 0 Å². The molecular weight excluding hydrogens is 270 g/mol. The summed E-state index contributed by atoms with van der Waals surface area (Å²) < 4.78 is 27.2. The average molecular weight is 280 g/mol. The fourth-order valence-corrected chi connectivity index (χ4v) is 2.19. The molecule has 3 nitrogen and oxygen atoms in total. The van der Waals surface area contributed by atoms with E-state index >= 15 is 0 Å². The Labute approximate surface area is 112 Å². The second kappa shape index (κ2) is 5.36. The number of carbonyl (C=O) groups is 1. The molecule has 0 radical (unpaired) electrons. The number of hydrogen-bond acceptors (Lipinski definition) is 3. The van der Waals surface area contributed by atoms with Gasteiger partial charge in [-0.1, -0.05) is 29.5 Å². The Hall–Kier alpha value is -1.95. The molecule has 2 rings (SSSR count). The molecule has 0 unspecified atom stereocenters. The van der Waals surface area contributed by atoms with Crippen LogP contribution in [0, 0.1) is 18.7 Å². The third kappa shape index (κ3) is 3.08. The molecule has 1 amide bonds. The first-order valence-electron chi connectivity index (χ1n) is 5.37. The van der Waals surface area contributed by atoms with Crippen molar-refractivity contribution < 1.29 is 13.6 Å². The molecule has 0 bridgehead atoms. The minimum atomic E-state index is -1.07. The molecule has 19 heavy (non-hydrogen) atoms. The van der Waals surface area contributed by atoms with E-state index in [2.05, 4.69) is 4.98 Å². The maximum Gasteiger partial charge on any atom is 0.253 e. The number of pyridine rings is 1. The maximum absolute atomic E-state index is 13.7. The first-order chi connectivity index (χ1) is 8.97. The van der Waals surface area contributed by atoms with Gasteiger partial charge in [-0.25, -0.2) is 9.37 Å². The van der Waals surface area contributed by atoms with Crippen molar-refractivity contribution in [3.63, 3.8) is 0 Å². The predicted molar refractivity (Wildman–Crippen MR) is 68.0 cm³/mol. The van der Waals surface area contributed by atoms with E-state index < -0.39 is 23.2 Å². The van der Waals surface area contributed by atoms with Gasteiger partial charge >= 0.3 is 0 Å². The van der Waals surface area contributed by atoms with Crippen LogP contribution in [0.4, 0.5) is 8.78 Å². The van der Waals surface area contributed by atoms with Gasteiger partial charge in [0.05, 0.1) is 5.56 Å². The standard InChI is InChI=1S/C13H10F2N2OS/c1-7-2-4-8(5-3-7)19-13-10(14)6-9(12(16)18)11(15)17-13/h2-6H,1H3,(H2,16,18). The molecule has 6 heteroatoms. The minimum Gasteiger partial charge on any atom is -0.365 e. The molecule has 2 N–H and O–H groups in total. The summed E-state index contributed by atoms with van der Waals surface area (Å²) >= 11 is 0.979. The molecule has 0 spiro atoms. The fraction of sp³-hybridized carbons (Fsp3) is 0.0769. The summed E-state index contributed by atoms with van der Waals surface area (Å²) in [6.07, 6.45) is 0. The maximum atomic E-state index is 13.7. The molecule has 0 atom stereocenters. The van der Waals surface area contributed by atoms with Crippen LogP contribution in [0.15, 0.2) is 40.3 Å². The third-order valence-electron chi connectivity index (χ3n) is 2.40. The Bertz CT molecular complexity index is 629. The monoisotopic (exact) mass is 280 g/mol. The molecule has 0 fully saturated rings. The Kier molecular flexibility index (Phi) is 3.80. The molecule has 98 valence electrons. The Balaban J connectivity index is 2.33. The van der Waals surface area contributed by atoms with Crippen molar-refractivity contribution in [1.82, 2.24) is 4.98 Å². The predicted octanol–water partition coefficient (Wildman–Crippen LogP) is 2.92. The van der Waals surface area contributed by atoms with E-state index in [1.54, 1.807) is 12.1 Å². The van der Waals surface area contributed by atoms with E-state index in [-0.39, 0.29) is 5.03 Å². The fourth-order valence-electron chi connectivity index (χ4n) is 1.41. The molecular formula is C13H10F2N2OS. The number of primary amides is 1. The quantitative estimate of drug-likeness (QED) is 0.879. The summed E-state index contributed by atoms with van der Waals surface area (Å²) in [6.45, 7) is 1.93. The van der Waals surface area contributed by atoms with Gasteiger partial charge in [0.1, 0.15) is 5.03 Å². The molecule has 0 saturated carbocycles. The van der Waals surface area contributed by atoms with Gasteiger partial charge in [0.15, 0.2) is 5.82 Å². The SMILES string of the molecule is Cc1ccc(Sc2nc(F)c(C(N)=O)cc2F)cc1. The van der Waals surface area contributed by atoms with Crippen LogP contribution in [-0.4, -0.2) is 10.9 Å². The summed E-state index contributed by atoms with van der Waals surface area (Å²) in [5.74, 6) is -2.89. The number of aromatic nitrogens is 1. The number of nitrogens with zero attached hydrogens (tertiary/aromatic N) is 1. The molecule has 1 heterocycles. The van der Waals surface area contributed by atoms with E-state index in [4.69, 9.17) is 5.73 Å². The van der Waals surface area contributed by atoms with Crippen molar-refractivity contribution in [3.05, 3.63) is 53.2 Å². The van der Waals surface area contributed by atoms with Gasteiger partial charge in [-0.3, -0.25) is 4.79 Å². The largest absolute Gasteiger partial charge is 0.365 e. The molecule has 1 aromatic heterocycles. The number of amides is 1. The lowest BCUT2D eigenvalue weighted by molar-refractivity contribution is 0.0994. The second-order valence-electron chi connectivity index (χ2n) is 3.89. The lowest BCUT2D eigenvalue weighted by atomic mass is 10.2. The molecule has 0 aliphatic heterocycles. The van der Waals surface area contributed by atoms with Gasteiger partial charge in [-0.15, -0.1) is 0 Å². The molecule has 1 aromatic carbocycles. The zero-order chi connectivity index (χ0) is 14.0. The lowest BCUT2D eigenvalue weighted by Crippen LogP contribution is -2.15. The van der Waals surface area contributed by atoms with Crippen molar-refractivity contribution in [2.45, 2.75) is 16.8 Å². The van der Waals surface area contributed by atoms with E-state index in [0.29, 0.717) is 0 Å². The van der Waals surface area contributed by atoms with Crippen LogP contribution >= 0.6 is 11.8 Å². The minimum absolute atomic E-state index is 0.133. The number of halogens is 2. The second-order valence-corrected chi connectivity index (χ2v) is 4.96. The number of nitrogens with two attached hydrogens (primary N) is 1. The zero-order valence-corrected chi connectivity index (χ0v) is 10.8. The first kappa shape index (κ1) is 13.5. The van der Waals surface area contributed by atoms with Gasteiger partial charge in [0.25, 0.3) is 5.91 Å². The van der Waals surface area contributed by atoms with Crippen LogP contribution in [0.2, 0.25) is 0 Å². The third-order valence-corrected chi connectivity index (χ3v) is 3.39. The van der Waals surface area contributed by atoms with Crippen LogP contribution in [0.1, 0.15) is 15.9 Å². The Morgan fingerprint density at radius 1 is 1.26 bits per heavy atom. The van der Waals surface area contributed by atoms with E-state index in [1.807, 2.05) is 19.1 Å². The number of hydrogen-bond donors (Lipinski definition) is 1. The zero-order valence-electron chi connectivity index (χ0n) is 9.98. The van der Waals surface area contributed by atoms with Crippen LogP contribution in [-0.2, 0) is 0 Å². The van der Waals surface area contributed by atoms with E-state index in [9.17, 15) is 13.6 Å². The van der Waals surface area contributed by atoms with Gasteiger partial charge in [0, 0.05) is 4.90 Å². The van der Waals surface area contributed by atoms with Crippen molar-refractivity contribution in [2.75, 3.05) is 0 Å². The van der Waals surface area contributed by atoms with Crippen LogP contribution in [0.25, 0.3) is 0 Å². The van der Waals surface area contributed by atoms with Crippen molar-refractivity contribution in [2.24, 2.45) is 5.73 Å². The molecule has 2 aromatic rings. The van der Waals surface area contributed by atoms with Crippen LogP contribution in [0.5, 0.6) is 0 Å². The highest BCUT2D eigenvalue weighted by atomic mass is 32.2. The summed E-state index contributed by atoms with van der Waals surface area (Å²) in [7, 11) is 0.